The highest BCUT2D eigenvalue weighted by atomic mass is 31.2. The summed E-state index contributed by atoms with van der Waals surface area (Å²) in [6.07, 6.45) is 5.39. The predicted molar refractivity (Wildman–Crippen MR) is 148 cm³/mol. The van der Waals surface area contributed by atoms with Crippen LogP contribution >= 0.6 is 14.3 Å². The number of hydrogen-bond acceptors (Lipinski definition) is 2. The fourth-order valence-corrected chi connectivity index (χ4v) is 14.7. The van der Waals surface area contributed by atoms with Gasteiger partial charge in [0.1, 0.15) is 14.3 Å². The van der Waals surface area contributed by atoms with Crippen molar-refractivity contribution < 1.29 is 9.13 Å². The molecule has 4 atom stereocenters. The normalized spacial score (nSPS) is 23.4. The third kappa shape index (κ3) is 3.55. The van der Waals surface area contributed by atoms with Crippen LogP contribution in [0.4, 0.5) is 0 Å². The van der Waals surface area contributed by atoms with Crippen molar-refractivity contribution in [2.24, 2.45) is 11.8 Å². The summed E-state index contributed by atoms with van der Waals surface area (Å²) in [6, 6.07) is 39.6. The fraction of sp³-hybridized carbons (Fsp3) is 0.161. The van der Waals surface area contributed by atoms with Crippen molar-refractivity contribution in [1.29, 1.82) is 0 Å². The first kappa shape index (κ1) is 22.5. The fourth-order valence-electron chi connectivity index (χ4n) is 6.32. The van der Waals surface area contributed by atoms with Crippen LogP contribution in [0.1, 0.15) is 6.42 Å². The van der Waals surface area contributed by atoms with Crippen LogP contribution in [0, 0.1) is 11.8 Å². The number of benzene rings is 4. The van der Waals surface area contributed by atoms with E-state index in [1.54, 1.807) is 0 Å². The van der Waals surface area contributed by atoms with Gasteiger partial charge in [-0.05, 0) is 18.3 Å². The number of hydrogen-bond donors (Lipinski definition) is 0. The topological polar surface area (TPSA) is 34.1 Å². The molecule has 2 bridgehead atoms. The maximum absolute atomic E-state index is 15.6. The summed E-state index contributed by atoms with van der Waals surface area (Å²) in [4.78, 5) is 0. The Balaban J connectivity index is 1.63. The Kier molecular flexibility index (Phi) is 5.76. The first-order valence-corrected chi connectivity index (χ1v) is 15.8. The van der Waals surface area contributed by atoms with E-state index in [4.69, 9.17) is 0 Å². The maximum atomic E-state index is 15.6. The van der Waals surface area contributed by atoms with Crippen molar-refractivity contribution in [1.82, 2.24) is 0 Å². The molecular weight excluding hydrogens is 466 g/mol. The van der Waals surface area contributed by atoms with E-state index in [0.29, 0.717) is 0 Å². The molecule has 0 spiro atoms. The average Bonchev–Trinajstić information content (AvgIpc) is 3.57. The molecule has 0 heterocycles. The van der Waals surface area contributed by atoms with Gasteiger partial charge in [0.15, 0.2) is 0 Å². The van der Waals surface area contributed by atoms with Gasteiger partial charge < -0.3 is 9.13 Å². The minimum absolute atomic E-state index is 0.136. The molecule has 2 nitrogen and oxygen atoms in total. The molecule has 0 amide bonds. The van der Waals surface area contributed by atoms with E-state index in [1.807, 2.05) is 121 Å². The Morgan fingerprint density at radius 2 is 0.686 bits per heavy atom. The minimum Gasteiger partial charge on any atom is -0.313 e. The lowest BCUT2D eigenvalue weighted by atomic mass is 10.1. The second-order valence-electron chi connectivity index (χ2n) is 9.59. The van der Waals surface area contributed by atoms with Crippen LogP contribution in [0.3, 0.4) is 0 Å². The summed E-state index contributed by atoms with van der Waals surface area (Å²) in [5.74, 6) is 0.272. The van der Waals surface area contributed by atoms with Crippen molar-refractivity contribution >= 4 is 35.5 Å². The van der Waals surface area contributed by atoms with E-state index in [2.05, 4.69) is 12.2 Å². The second-order valence-corrected chi connectivity index (χ2v) is 15.5. The SMILES string of the molecule is O=P(c1ccccc1)(c1ccccc1)[C@H]1[C@H](P(=O)(c2ccccc2)c2ccccc2)[C@H]2C=C[C@@H]1C2. The van der Waals surface area contributed by atoms with Crippen LogP contribution in [-0.4, -0.2) is 11.3 Å². The van der Waals surface area contributed by atoms with Crippen LogP contribution < -0.4 is 21.2 Å². The van der Waals surface area contributed by atoms with Crippen molar-refractivity contribution in [3.63, 3.8) is 0 Å². The zero-order valence-corrected chi connectivity index (χ0v) is 21.2. The Labute approximate surface area is 207 Å². The molecule has 4 aromatic carbocycles. The highest BCUT2D eigenvalue weighted by molar-refractivity contribution is 7.83. The Bertz CT molecular complexity index is 1230. The summed E-state index contributed by atoms with van der Waals surface area (Å²) < 4.78 is 31.1. The van der Waals surface area contributed by atoms with E-state index < -0.39 is 14.3 Å². The van der Waals surface area contributed by atoms with E-state index in [9.17, 15) is 0 Å². The van der Waals surface area contributed by atoms with Gasteiger partial charge in [-0.3, -0.25) is 0 Å². The molecule has 0 radical (unpaired) electrons. The molecule has 1 fully saturated rings. The lowest BCUT2D eigenvalue weighted by molar-refractivity contribution is 0.549. The first-order valence-electron chi connectivity index (χ1n) is 12.2. The summed E-state index contributed by atoms with van der Waals surface area (Å²) in [5, 5.41) is 3.43. The molecular formula is C31H28O2P2. The van der Waals surface area contributed by atoms with Crippen LogP contribution in [0.15, 0.2) is 133 Å². The Morgan fingerprint density at radius 3 is 0.943 bits per heavy atom. The van der Waals surface area contributed by atoms with Crippen molar-refractivity contribution in [3.8, 4) is 0 Å². The second kappa shape index (κ2) is 8.94. The number of rotatable bonds is 6. The van der Waals surface area contributed by atoms with Gasteiger partial charge in [-0.25, -0.2) is 0 Å². The van der Waals surface area contributed by atoms with Gasteiger partial charge in [-0.2, -0.15) is 0 Å². The zero-order valence-electron chi connectivity index (χ0n) is 19.4. The third-order valence-corrected chi connectivity index (χ3v) is 15.4. The molecule has 1 saturated carbocycles. The number of fused-ring (bicyclic) bond motifs is 2. The van der Waals surface area contributed by atoms with Crippen molar-refractivity contribution in [2.75, 3.05) is 0 Å². The lowest BCUT2D eigenvalue weighted by Gasteiger charge is -2.40. The molecule has 6 rings (SSSR count). The monoisotopic (exact) mass is 494 g/mol. The highest BCUT2D eigenvalue weighted by Crippen LogP contribution is 2.69. The Morgan fingerprint density at radius 1 is 0.429 bits per heavy atom. The summed E-state index contributed by atoms with van der Waals surface area (Å²) in [5.41, 5.74) is -0.456. The van der Waals surface area contributed by atoms with Gasteiger partial charge in [0.2, 0.25) is 0 Å². The van der Waals surface area contributed by atoms with E-state index in [-0.39, 0.29) is 23.2 Å². The molecule has 0 aromatic heterocycles. The molecule has 2 aliphatic carbocycles. The quantitative estimate of drug-likeness (QED) is 0.245. The molecule has 4 heteroatoms. The first-order chi connectivity index (χ1) is 17.1. The molecule has 35 heavy (non-hydrogen) atoms. The summed E-state index contributed by atoms with van der Waals surface area (Å²) >= 11 is 0. The summed E-state index contributed by atoms with van der Waals surface area (Å²) in [7, 11) is -6.26. The molecule has 4 aromatic rings. The van der Waals surface area contributed by atoms with Gasteiger partial charge >= 0.3 is 0 Å². The van der Waals surface area contributed by atoms with Gasteiger partial charge in [-0.1, -0.05) is 133 Å². The largest absolute Gasteiger partial charge is 0.313 e. The van der Waals surface area contributed by atoms with Gasteiger partial charge in [0.25, 0.3) is 0 Å². The maximum Gasteiger partial charge on any atom is 0.147 e. The average molecular weight is 495 g/mol. The summed E-state index contributed by atoms with van der Waals surface area (Å²) in [6.45, 7) is 0. The third-order valence-electron chi connectivity index (χ3n) is 7.78. The molecule has 0 unspecified atom stereocenters. The van der Waals surface area contributed by atoms with Crippen LogP contribution in [0.5, 0.6) is 0 Å². The molecule has 2 aliphatic rings. The molecule has 174 valence electrons. The zero-order chi connectivity index (χ0) is 23.9. The minimum atomic E-state index is -3.13. The van der Waals surface area contributed by atoms with E-state index >= 15 is 9.13 Å². The van der Waals surface area contributed by atoms with Crippen molar-refractivity contribution in [2.45, 2.75) is 17.7 Å². The molecule has 0 N–H and O–H groups in total. The Hall–Kier alpha value is -2.92. The highest BCUT2D eigenvalue weighted by Gasteiger charge is 2.60. The molecule has 0 saturated heterocycles. The van der Waals surface area contributed by atoms with Gasteiger partial charge in [0, 0.05) is 32.5 Å². The number of allylic oxidation sites excluding steroid dienone is 2. The van der Waals surface area contributed by atoms with Gasteiger partial charge in [-0.15, -0.1) is 0 Å². The standard InChI is InChI=1S/C31H28O2P2/c32-34(26-13-5-1-6-14-26,27-15-7-2-8-16-27)30-24-21-22-25(23-24)31(30)35(33,28-17-9-3-10-18-28)29-19-11-4-12-20-29/h1-22,24-25,30-31H,23H2/t24-,25+,30-,31-/m1/s1. The van der Waals surface area contributed by atoms with Gasteiger partial charge in [0.05, 0.1) is 0 Å². The van der Waals surface area contributed by atoms with Crippen LogP contribution in [-0.2, 0) is 9.13 Å². The smallest absolute Gasteiger partial charge is 0.147 e. The van der Waals surface area contributed by atoms with E-state index in [1.165, 1.54) is 0 Å². The lowest BCUT2D eigenvalue weighted by Crippen LogP contribution is -2.41. The molecule has 0 aliphatic heterocycles. The van der Waals surface area contributed by atoms with Crippen molar-refractivity contribution in [3.05, 3.63) is 133 Å². The predicted octanol–water partition coefficient (Wildman–Crippen LogP) is 5.96. The van der Waals surface area contributed by atoms with Crippen LogP contribution in [0.2, 0.25) is 0 Å². The van der Waals surface area contributed by atoms with E-state index in [0.717, 1.165) is 27.6 Å². The van der Waals surface area contributed by atoms with Crippen LogP contribution in [0.25, 0.3) is 0 Å².